The van der Waals surface area contributed by atoms with Crippen molar-refractivity contribution in [3.05, 3.63) is 54.3 Å². The van der Waals surface area contributed by atoms with Crippen LogP contribution < -0.4 is 10.2 Å². The largest absolute Gasteiger partial charge is 0.508 e. The highest BCUT2D eigenvalue weighted by molar-refractivity contribution is 5.93. The maximum absolute atomic E-state index is 13.4. The van der Waals surface area contributed by atoms with Crippen molar-refractivity contribution >= 4 is 23.2 Å². The first-order chi connectivity index (χ1) is 15.0. The Balaban J connectivity index is 1.22. The molecule has 0 aliphatic carbocycles. The average molecular weight is 426 g/mol. The molecule has 2 heterocycles. The molecule has 0 aromatic heterocycles. The van der Waals surface area contributed by atoms with Gasteiger partial charge < -0.3 is 20.2 Å². The minimum Gasteiger partial charge on any atom is -0.508 e. The molecule has 164 valence electrons. The van der Waals surface area contributed by atoms with Gasteiger partial charge >= 0.3 is 0 Å². The second-order valence-corrected chi connectivity index (χ2v) is 8.10. The molecule has 2 amide bonds. The van der Waals surface area contributed by atoms with Gasteiger partial charge in [0, 0.05) is 44.1 Å². The first-order valence-corrected chi connectivity index (χ1v) is 10.6. The molecule has 4 rings (SSSR count). The Morgan fingerprint density at radius 3 is 2.48 bits per heavy atom. The fraction of sp³-hybridized carbons (Fsp3) is 0.391. The van der Waals surface area contributed by atoms with Crippen LogP contribution in [0.3, 0.4) is 0 Å². The number of rotatable bonds is 5. The Labute approximate surface area is 181 Å². The van der Waals surface area contributed by atoms with E-state index in [1.165, 1.54) is 24.3 Å². The zero-order valence-electron chi connectivity index (χ0n) is 17.3. The van der Waals surface area contributed by atoms with E-state index in [2.05, 4.69) is 10.2 Å². The molecule has 0 bridgehead atoms. The second kappa shape index (κ2) is 9.34. The minimum atomic E-state index is -0.256. The molecule has 1 atom stereocenters. The van der Waals surface area contributed by atoms with Crippen molar-refractivity contribution in [2.45, 2.75) is 6.42 Å². The maximum atomic E-state index is 13.4. The smallest absolute Gasteiger partial charge is 0.236 e. The number of benzene rings is 2. The van der Waals surface area contributed by atoms with Gasteiger partial charge in [0.05, 0.1) is 12.5 Å². The molecule has 2 aliphatic rings. The van der Waals surface area contributed by atoms with Crippen molar-refractivity contribution in [3.8, 4) is 5.75 Å². The highest BCUT2D eigenvalue weighted by Crippen LogP contribution is 2.21. The average Bonchev–Trinajstić information content (AvgIpc) is 3.24. The van der Waals surface area contributed by atoms with E-state index in [1.807, 2.05) is 15.9 Å². The van der Waals surface area contributed by atoms with Crippen LogP contribution in [-0.4, -0.2) is 72.5 Å². The quantitative estimate of drug-likeness (QED) is 0.717. The predicted octanol–water partition coefficient (Wildman–Crippen LogP) is 2.14. The third kappa shape index (κ3) is 5.32. The number of hydrogen-bond acceptors (Lipinski definition) is 5. The van der Waals surface area contributed by atoms with Crippen LogP contribution in [0.2, 0.25) is 0 Å². The molecular formula is C23H27FN4O3. The Bertz CT molecular complexity index is 929. The molecule has 2 N–H and O–H groups in total. The number of amides is 2. The van der Waals surface area contributed by atoms with Gasteiger partial charge in [-0.1, -0.05) is 6.07 Å². The summed E-state index contributed by atoms with van der Waals surface area (Å²) in [5, 5.41) is 12.2. The molecule has 0 spiro atoms. The van der Waals surface area contributed by atoms with Gasteiger partial charge in [-0.15, -0.1) is 0 Å². The van der Waals surface area contributed by atoms with E-state index in [-0.39, 0.29) is 29.3 Å². The molecule has 2 aromatic rings. The van der Waals surface area contributed by atoms with Crippen molar-refractivity contribution in [2.24, 2.45) is 5.92 Å². The Kier molecular flexibility index (Phi) is 6.36. The zero-order chi connectivity index (χ0) is 21.8. The van der Waals surface area contributed by atoms with Gasteiger partial charge in [-0.2, -0.15) is 0 Å². The molecule has 0 radical (unpaired) electrons. The second-order valence-electron chi connectivity index (χ2n) is 8.10. The van der Waals surface area contributed by atoms with Gasteiger partial charge in [0.1, 0.15) is 11.6 Å². The van der Waals surface area contributed by atoms with E-state index in [0.29, 0.717) is 57.9 Å². The lowest BCUT2D eigenvalue weighted by Crippen LogP contribution is -2.51. The molecule has 31 heavy (non-hydrogen) atoms. The molecule has 2 saturated heterocycles. The zero-order valence-corrected chi connectivity index (χ0v) is 17.3. The Hall–Kier alpha value is -3.13. The number of carbonyl (C=O) groups excluding carboxylic acids is 2. The Morgan fingerprint density at radius 1 is 1.03 bits per heavy atom. The molecule has 8 heteroatoms. The molecule has 1 unspecified atom stereocenters. The van der Waals surface area contributed by atoms with Crippen molar-refractivity contribution < 1.29 is 19.1 Å². The number of halogens is 1. The number of phenolic OH excluding ortho intramolecular Hbond substituents is 1. The molecule has 2 fully saturated rings. The van der Waals surface area contributed by atoms with Crippen molar-refractivity contribution in [1.82, 2.24) is 9.80 Å². The molecule has 2 aromatic carbocycles. The third-order valence-electron chi connectivity index (χ3n) is 5.94. The molecule has 2 aliphatic heterocycles. The summed E-state index contributed by atoms with van der Waals surface area (Å²) in [6.45, 7) is 4.13. The number of nitrogens with zero attached hydrogens (tertiary/aromatic N) is 3. The van der Waals surface area contributed by atoms with E-state index >= 15 is 0 Å². The summed E-state index contributed by atoms with van der Waals surface area (Å²) in [6, 6.07) is 12.9. The summed E-state index contributed by atoms with van der Waals surface area (Å²) in [7, 11) is 0. The van der Waals surface area contributed by atoms with Crippen LogP contribution >= 0.6 is 0 Å². The number of aromatic hydroxyl groups is 1. The number of carbonyl (C=O) groups is 2. The van der Waals surface area contributed by atoms with Gasteiger partial charge in [0.15, 0.2) is 0 Å². The number of hydrogen-bond donors (Lipinski definition) is 2. The summed E-state index contributed by atoms with van der Waals surface area (Å²) in [5.41, 5.74) is 1.49. The summed E-state index contributed by atoms with van der Waals surface area (Å²) in [5.74, 6) is -0.261. The Morgan fingerprint density at radius 2 is 1.77 bits per heavy atom. The van der Waals surface area contributed by atoms with Crippen LogP contribution in [0.15, 0.2) is 48.5 Å². The first-order valence-electron chi connectivity index (χ1n) is 10.6. The number of phenols is 1. The van der Waals surface area contributed by atoms with E-state index in [1.54, 1.807) is 18.2 Å². The van der Waals surface area contributed by atoms with Crippen molar-refractivity contribution in [1.29, 1.82) is 0 Å². The monoisotopic (exact) mass is 426 g/mol. The summed E-state index contributed by atoms with van der Waals surface area (Å²) < 4.78 is 13.4. The van der Waals surface area contributed by atoms with Gasteiger partial charge in [0.2, 0.25) is 11.8 Å². The number of likely N-dealkylation sites (tertiary alicyclic amines) is 1. The summed E-state index contributed by atoms with van der Waals surface area (Å²) in [6.07, 6.45) is 0.713. The fourth-order valence-electron chi connectivity index (χ4n) is 4.16. The van der Waals surface area contributed by atoms with E-state index < -0.39 is 0 Å². The molecular weight excluding hydrogens is 399 g/mol. The number of anilines is 2. The minimum absolute atomic E-state index is 0.0654. The van der Waals surface area contributed by atoms with Crippen molar-refractivity contribution in [2.75, 3.05) is 56.0 Å². The number of piperazine rings is 1. The van der Waals surface area contributed by atoms with Crippen LogP contribution in [0.4, 0.5) is 15.8 Å². The highest BCUT2D eigenvalue weighted by atomic mass is 19.1. The number of nitrogens with one attached hydrogen (secondary N) is 1. The third-order valence-corrected chi connectivity index (χ3v) is 5.94. The van der Waals surface area contributed by atoms with Crippen LogP contribution in [0.5, 0.6) is 5.75 Å². The highest BCUT2D eigenvalue weighted by Gasteiger charge is 2.31. The van der Waals surface area contributed by atoms with Gasteiger partial charge in [-0.3, -0.25) is 14.5 Å². The maximum Gasteiger partial charge on any atom is 0.236 e. The van der Waals surface area contributed by atoms with E-state index in [9.17, 15) is 19.1 Å². The van der Waals surface area contributed by atoms with E-state index in [4.69, 9.17) is 0 Å². The SMILES string of the molecule is O=C(Nc1ccc(O)cc1)C1CCN(CC(=O)N2CCN(c3cccc(F)c3)CC2)C1. The lowest BCUT2D eigenvalue weighted by Gasteiger charge is -2.36. The van der Waals surface area contributed by atoms with Gasteiger partial charge in [-0.05, 0) is 55.4 Å². The fourth-order valence-corrected chi connectivity index (χ4v) is 4.16. The van der Waals surface area contributed by atoms with Crippen LogP contribution in [0.1, 0.15) is 6.42 Å². The topological polar surface area (TPSA) is 76.1 Å². The normalized spacial score (nSPS) is 19.5. The summed E-state index contributed by atoms with van der Waals surface area (Å²) in [4.78, 5) is 31.2. The van der Waals surface area contributed by atoms with Gasteiger partial charge in [0.25, 0.3) is 0 Å². The lowest BCUT2D eigenvalue weighted by molar-refractivity contribution is -0.132. The molecule has 0 saturated carbocycles. The van der Waals surface area contributed by atoms with Crippen molar-refractivity contribution in [3.63, 3.8) is 0 Å². The predicted molar refractivity (Wildman–Crippen MR) is 116 cm³/mol. The van der Waals surface area contributed by atoms with Crippen LogP contribution in [0.25, 0.3) is 0 Å². The first kappa shape index (κ1) is 21.1. The lowest BCUT2D eigenvalue weighted by atomic mass is 10.1. The van der Waals surface area contributed by atoms with E-state index in [0.717, 1.165) is 5.69 Å². The molecule has 7 nitrogen and oxygen atoms in total. The van der Waals surface area contributed by atoms with Crippen LogP contribution in [-0.2, 0) is 9.59 Å². The van der Waals surface area contributed by atoms with Gasteiger partial charge in [-0.25, -0.2) is 4.39 Å². The standard InChI is InChI=1S/C23H27FN4O3/c24-18-2-1-3-20(14-18)27-10-12-28(13-11-27)22(30)16-26-9-8-17(15-26)23(31)25-19-4-6-21(29)7-5-19/h1-7,14,17,29H,8-13,15-16H2,(H,25,31). The van der Waals surface area contributed by atoms with Crippen LogP contribution in [0, 0.1) is 11.7 Å². The summed E-state index contributed by atoms with van der Waals surface area (Å²) >= 11 is 0.